The fourth-order valence-corrected chi connectivity index (χ4v) is 6.73. The lowest BCUT2D eigenvalue weighted by atomic mass is 9.83. The molecule has 3 N–H and O–H groups in total. The van der Waals surface area contributed by atoms with Crippen molar-refractivity contribution in [1.29, 1.82) is 0 Å². The molecule has 46 heavy (non-hydrogen) atoms. The van der Waals surface area contributed by atoms with Crippen LogP contribution in [0.3, 0.4) is 0 Å². The van der Waals surface area contributed by atoms with Crippen molar-refractivity contribution in [2.45, 2.75) is 149 Å². The molecule has 2 aliphatic rings. The molecule has 1 aromatic rings. The molecule has 0 aromatic heterocycles. The molecular weight excluding hydrogens is 576 g/mol. The van der Waals surface area contributed by atoms with Gasteiger partial charge >= 0.3 is 12.1 Å². The minimum absolute atomic E-state index is 0.0281. The van der Waals surface area contributed by atoms with Crippen LogP contribution in [-0.2, 0) is 20.9 Å². The van der Waals surface area contributed by atoms with Crippen molar-refractivity contribution in [3.63, 3.8) is 0 Å². The number of likely N-dealkylation sites (tertiary alicyclic amines) is 1. The minimum atomic E-state index is -0.504. The third-order valence-corrected chi connectivity index (χ3v) is 9.64. The number of unbranched alkanes of at least 4 members (excludes halogenated alkanes) is 15. The van der Waals surface area contributed by atoms with Gasteiger partial charge in [-0.2, -0.15) is 0 Å². The van der Waals surface area contributed by atoms with Crippen LogP contribution in [0, 0.1) is 0 Å². The summed E-state index contributed by atoms with van der Waals surface area (Å²) < 4.78 is 5.15. The van der Waals surface area contributed by atoms with Gasteiger partial charge in [-0.3, -0.25) is 4.90 Å². The average molecular weight is 639 g/mol. The summed E-state index contributed by atoms with van der Waals surface area (Å²) in [6, 6.07) is 9.74. The number of hydrogen-bond donors (Lipinski definition) is 2. The van der Waals surface area contributed by atoms with Gasteiger partial charge < -0.3 is 20.6 Å². The smallest absolute Gasteiger partial charge is 0.431 e. The van der Waals surface area contributed by atoms with Crippen molar-refractivity contribution < 1.29 is 19.2 Å². The molecule has 8 heteroatoms. The molecule has 0 bridgehead atoms. The van der Waals surface area contributed by atoms with Gasteiger partial charge in [0, 0.05) is 36.9 Å². The molecule has 1 saturated heterocycles. The van der Waals surface area contributed by atoms with Crippen molar-refractivity contribution in [1.82, 2.24) is 15.3 Å². The third-order valence-electron chi connectivity index (χ3n) is 9.64. The molecule has 2 aliphatic heterocycles. The van der Waals surface area contributed by atoms with Crippen LogP contribution in [0.4, 0.5) is 4.79 Å². The highest BCUT2D eigenvalue weighted by Crippen LogP contribution is 2.39. The lowest BCUT2D eigenvalue weighted by Gasteiger charge is -2.46. The molecule has 2 unspecified atom stereocenters. The van der Waals surface area contributed by atoms with E-state index in [0.717, 1.165) is 37.9 Å². The highest BCUT2D eigenvalue weighted by Gasteiger charge is 2.43. The first-order valence-corrected chi connectivity index (χ1v) is 18.2. The summed E-state index contributed by atoms with van der Waals surface area (Å²) in [6.45, 7) is 8.24. The highest BCUT2D eigenvalue weighted by molar-refractivity contribution is 5.95. The molecule has 0 spiro atoms. The third kappa shape index (κ3) is 11.7. The second-order valence-electron chi connectivity index (χ2n) is 13.2. The number of nitrogens with two attached hydrogens (primary N) is 1. The van der Waals surface area contributed by atoms with E-state index in [1.165, 1.54) is 103 Å². The van der Waals surface area contributed by atoms with Crippen LogP contribution in [0.5, 0.6) is 0 Å². The molecule has 2 atom stereocenters. The predicted octanol–water partition coefficient (Wildman–Crippen LogP) is 8.53. The second-order valence-corrected chi connectivity index (χ2v) is 13.2. The first-order valence-electron chi connectivity index (χ1n) is 18.2. The number of nitrogens with one attached hydrogen (secondary N) is 1. The van der Waals surface area contributed by atoms with Gasteiger partial charge in [0.25, 0.3) is 0 Å². The number of methoxy groups -OCH3 is 1. The van der Waals surface area contributed by atoms with Crippen molar-refractivity contribution in [2.75, 3.05) is 20.2 Å². The van der Waals surface area contributed by atoms with E-state index in [1.807, 2.05) is 32.0 Å². The number of amides is 1. The summed E-state index contributed by atoms with van der Waals surface area (Å²) in [4.78, 5) is 33.9. The highest BCUT2D eigenvalue weighted by atomic mass is 16.7. The number of carbonyl (C=O) groups excluding carboxylic acids is 2. The number of esters is 1. The summed E-state index contributed by atoms with van der Waals surface area (Å²) in [5.41, 5.74) is 9.98. The Morgan fingerprint density at radius 3 is 1.91 bits per heavy atom. The fourth-order valence-electron chi connectivity index (χ4n) is 6.73. The predicted molar refractivity (Wildman–Crippen MR) is 187 cm³/mol. The maximum Gasteiger partial charge on any atom is 0.431 e. The summed E-state index contributed by atoms with van der Waals surface area (Å²) in [5, 5.41) is 4.46. The van der Waals surface area contributed by atoms with E-state index in [-0.39, 0.29) is 6.04 Å². The van der Waals surface area contributed by atoms with E-state index < -0.39 is 18.1 Å². The van der Waals surface area contributed by atoms with Crippen LogP contribution < -0.4 is 11.1 Å². The van der Waals surface area contributed by atoms with Crippen LogP contribution in [0.2, 0.25) is 0 Å². The number of carbonyl (C=O) groups is 2. The van der Waals surface area contributed by atoms with Gasteiger partial charge in [-0.1, -0.05) is 134 Å². The Bertz CT molecular complexity index is 1120. The van der Waals surface area contributed by atoms with E-state index in [2.05, 4.69) is 29.3 Å². The van der Waals surface area contributed by atoms with Crippen LogP contribution in [-0.4, -0.2) is 54.3 Å². The van der Waals surface area contributed by atoms with Crippen molar-refractivity contribution in [3.8, 4) is 0 Å². The quantitative estimate of drug-likeness (QED) is 0.0970. The van der Waals surface area contributed by atoms with Crippen molar-refractivity contribution in [2.24, 2.45) is 5.73 Å². The normalized spacial score (nSPS) is 18.5. The number of nitrogens with zero attached hydrogens (tertiary/aromatic N) is 2. The lowest BCUT2D eigenvalue weighted by Crippen LogP contribution is -2.53. The largest absolute Gasteiger partial charge is 0.465 e. The van der Waals surface area contributed by atoms with E-state index in [0.29, 0.717) is 23.5 Å². The van der Waals surface area contributed by atoms with Crippen LogP contribution in [0.1, 0.15) is 135 Å². The average Bonchev–Trinajstić information content (AvgIpc) is 3.05. The maximum atomic E-state index is 12.9. The van der Waals surface area contributed by atoms with Crippen LogP contribution in [0.25, 0.3) is 0 Å². The van der Waals surface area contributed by atoms with E-state index in [4.69, 9.17) is 15.3 Å². The van der Waals surface area contributed by atoms with Crippen LogP contribution >= 0.6 is 0 Å². The van der Waals surface area contributed by atoms with Gasteiger partial charge in [-0.15, -0.1) is 0 Å². The SMILES string of the molecule is CCCCCCCCCCCCCCCCCCNC(=O)ON1C(C)=C(C2CCN2Cc2ccccc2)C(C(=O)OC)=C(N)C1C. The van der Waals surface area contributed by atoms with Gasteiger partial charge in [0.15, 0.2) is 0 Å². The molecule has 3 rings (SSSR count). The zero-order valence-electron chi connectivity index (χ0n) is 29.3. The van der Waals surface area contributed by atoms with Gasteiger partial charge in [-0.05, 0) is 32.3 Å². The molecule has 0 radical (unpaired) electrons. The maximum absolute atomic E-state index is 12.9. The molecule has 0 saturated carbocycles. The number of allylic oxidation sites excluding steroid dienone is 1. The van der Waals surface area contributed by atoms with Gasteiger partial charge in [0.1, 0.15) is 6.04 Å². The number of ether oxygens (including phenoxy) is 1. The molecule has 8 nitrogen and oxygen atoms in total. The number of rotatable bonds is 22. The summed E-state index contributed by atoms with van der Waals surface area (Å²) in [7, 11) is 1.37. The van der Waals surface area contributed by atoms with Crippen molar-refractivity contribution in [3.05, 3.63) is 58.4 Å². The number of hydrogen-bond acceptors (Lipinski definition) is 7. The van der Waals surface area contributed by atoms with E-state index in [1.54, 1.807) is 5.06 Å². The van der Waals surface area contributed by atoms with Gasteiger partial charge in [0.05, 0.1) is 18.4 Å². The Balaban J connectivity index is 1.37. The monoisotopic (exact) mass is 638 g/mol. The molecule has 258 valence electrons. The second kappa shape index (κ2) is 21.0. The number of benzene rings is 1. The molecule has 1 fully saturated rings. The Hall–Kier alpha value is -3.00. The molecule has 2 heterocycles. The Labute approximate surface area is 279 Å². The zero-order valence-corrected chi connectivity index (χ0v) is 29.3. The van der Waals surface area contributed by atoms with E-state index >= 15 is 0 Å². The number of hydroxylamine groups is 2. The lowest BCUT2D eigenvalue weighted by molar-refractivity contribution is -0.136. The van der Waals surface area contributed by atoms with Crippen molar-refractivity contribution >= 4 is 12.1 Å². The van der Waals surface area contributed by atoms with E-state index in [9.17, 15) is 9.59 Å². The standard InChI is InChI=1S/C38H62N4O4/c1-5-6-7-8-9-10-11-12-13-14-15-16-17-18-19-23-27-40-38(44)46-42-30(2)34(35(37(43)45-4)36(39)31(42)3)33-26-28-41(33)29-32-24-21-20-22-25-32/h20-22,24-25,31,33H,5-19,23,26-29,39H2,1-4H3,(H,40,44). The minimum Gasteiger partial charge on any atom is -0.465 e. The Kier molecular flexibility index (Phi) is 17.1. The molecular formula is C38H62N4O4. The first-order chi connectivity index (χ1) is 22.4. The molecule has 0 aliphatic carbocycles. The topological polar surface area (TPSA) is 97.1 Å². The van der Waals surface area contributed by atoms with Crippen LogP contribution in [0.15, 0.2) is 52.9 Å². The fraction of sp³-hybridized carbons (Fsp3) is 0.684. The molecule has 1 amide bonds. The Morgan fingerprint density at radius 2 is 1.41 bits per heavy atom. The summed E-state index contributed by atoms with van der Waals surface area (Å²) >= 11 is 0. The van der Waals surface area contributed by atoms with Gasteiger partial charge in [-0.25, -0.2) is 14.7 Å². The van der Waals surface area contributed by atoms with Gasteiger partial charge in [0.2, 0.25) is 0 Å². The summed E-state index contributed by atoms with van der Waals surface area (Å²) in [6.07, 6.45) is 21.4. The Morgan fingerprint density at radius 1 is 0.870 bits per heavy atom. The summed E-state index contributed by atoms with van der Waals surface area (Å²) in [5.74, 6) is -0.460. The first kappa shape index (κ1) is 37.5. The molecule has 1 aromatic carbocycles. The zero-order chi connectivity index (χ0) is 33.1.